The van der Waals surface area contributed by atoms with Crippen molar-refractivity contribution >= 4 is 0 Å². The molecule has 2 atom stereocenters. The van der Waals surface area contributed by atoms with Gasteiger partial charge in [-0.3, -0.25) is 9.58 Å². The van der Waals surface area contributed by atoms with E-state index in [1.54, 1.807) is 0 Å². The Kier molecular flexibility index (Phi) is 3.77. The van der Waals surface area contributed by atoms with E-state index in [1.807, 2.05) is 25.6 Å². The van der Waals surface area contributed by atoms with E-state index in [2.05, 4.69) is 26.2 Å². The van der Waals surface area contributed by atoms with Gasteiger partial charge in [0, 0.05) is 39.2 Å². The maximum Gasteiger partial charge on any atom is 0.231 e. The normalized spacial score (nSPS) is 23.0. The minimum atomic E-state index is 0.102. The van der Waals surface area contributed by atoms with Crippen molar-refractivity contribution in [1.82, 2.24) is 24.8 Å². The summed E-state index contributed by atoms with van der Waals surface area (Å²) >= 11 is 0. The van der Waals surface area contributed by atoms with Gasteiger partial charge in [-0.05, 0) is 19.9 Å². The number of hydrogen-bond acceptors (Lipinski definition) is 6. The van der Waals surface area contributed by atoms with Crippen LogP contribution < -0.4 is 0 Å². The predicted octanol–water partition coefficient (Wildman–Crippen LogP) is 0.628. The Morgan fingerprint density at radius 2 is 2.19 bits per heavy atom. The van der Waals surface area contributed by atoms with E-state index in [9.17, 15) is 5.11 Å². The van der Waals surface area contributed by atoms with Crippen molar-refractivity contribution in [3.8, 4) is 0 Å². The van der Waals surface area contributed by atoms with Gasteiger partial charge in [0.25, 0.3) is 0 Å². The van der Waals surface area contributed by atoms with Crippen molar-refractivity contribution in [2.75, 3.05) is 19.7 Å². The lowest BCUT2D eigenvalue weighted by atomic mass is 9.97. The van der Waals surface area contributed by atoms with Gasteiger partial charge in [0.15, 0.2) is 5.82 Å². The Morgan fingerprint density at radius 1 is 1.38 bits per heavy atom. The first-order chi connectivity index (χ1) is 10.1. The van der Waals surface area contributed by atoms with E-state index in [1.165, 1.54) is 5.69 Å². The van der Waals surface area contributed by atoms with Crippen LogP contribution in [0.5, 0.6) is 0 Å². The Bertz CT molecular complexity index is 621. The zero-order valence-corrected chi connectivity index (χ0v) is 12.7. The number of aromatic nitrogens is 4. The highest BCUT2D eigenvalue weighted by Crippen LogP contribution is 2.32. The monoisotopic (exact) mass is 291 g/mol. The van der Waals surface area contributed by atoms with Crippen LogP contribution in [0.1, 0.15) is 29.0 Å². The fraction of sp³-hybridized carbons (Fsp3) is 0.643. The molecule has 0 aliphatic carbocycles. The van der Waals surface area contributed by atoms with Crippen LogP contribution in [-0.4, -0.2) is 49.6 Å². The van der Waals surface area contributed by atoms with Gasteiger partial charge in [0.05, 0.1) is 17.3 Å². The van der Waals surface area contributed by atoms with Gasteiger partial charge in [-0.2, -0.15) is 10.1 Å². The van der Waals surface area contributed by atoms with Crippen molar-refractivity contribution in [1.29, 1.82) is 0 Å². The van der Waals surface area contributed by atoms with E-state index in [0.717, 1.165) is 25.3 Å². The second kappa shape index (κ2) is 5.57. The number of nitrogens with zero attached hydrogens (tertiary/aromatic N) is 5. The molecule has 1 fully saturated rings. The summed E-state index contributed by atoms with van der Waals surface area (Å²) in [6, 6.07) is 2.10. The fourth-order valence-corrected chi connectivity index (χ4v) is 3.06. The van der Waals surface area contributed by atoms with Gasteiger partial charge < -0.3 is 9.63 Å². The minimum Gasteiger partial charge on any atom is -0.396 e. The highest BCUT2D eigenvalue weighted by Gasteiger charge is 2.37. The standard InChI is InChI=1S/C14H21N5O2/c1-9-4-12(18(3)16-9)6-19-5-11(8-20)13(7-19)14-15-10(2)17-21-14/h4,11,13,20H,5-8H2,1-3H3/t11-,13+/m0/s1. The Morgan fingerprint density at radius 3 is 2.76 bits per heavy atom. The van der Waals surface area contributed by atoms with Crippen LogP contribution in [-0.2, 0) is 13.6 Å². The number of aliphatic hydroxyl groups excluding tert-OH is 1. The van der Waals surface area contributed by atoms with Crippen LogP contribution in [0, 0.1) is 19.8 Å². The summed E-state index contributed by atoms with van der Waals surface area (Å²) in [5.74, 6) is 1.52. The van der Waals surface area contributed by atoms with Gasteiger partial charge in [0.2, 0.25) is 5.89 Å². The maximum atomic E-state index is 9.61. The van der Waals surface area contributed by atoms with Crippen LogP contribution in [0.4, 0.5) is 0 Å². The van der Waals surface area contributed by atoms with Crippen LogP contribution >= 0.6 is 0 Å². The van der Waals surface area contributed by atoms with E-state index in [4.69, 9.17) is 4.52 Å². The molecule has 1 aliphatic rings. The van der Waals surface area contributed by atoms with Crippen LogP contribution in [0.15, 0.2) is 10.6 Å². The van der Waals surface area contributed by atoms with Gasteiger partial charge in [-0.15, -0.1) is 0 Å². The number of likely N-dealkylation sites (tertiary alicyclic amines) is 1. The molecule has 1 N–H and O–H groups in total. The molecule has 2 aromatic heterocycles. The molecule has 0 aromatic carbocycles. The Labute approximate surface area is 123 Å². The molecule has 1 aliphatic heterocycles. The molecule has 7 nitrogen and oxygen atoms in total. The molecular weight excluding hydrogens is 270 g/mol. The molecule has 0 amide bonds. The third-order valence-corrected chi connectivity index (χ3v) is 4.10. The van der Waals surface area contributed by atoms with Crippen molar-refractivity contribution in [2.45, 2.75) is 26.3 Å². The second-order valence-electron chi connectivity index (χ2n) is 5.82. The molecule has 114 valence electrons. The summed E-state index contributed by atoms with van der Waals surface area (Å²) in [4.78, 5) is 6.63. The molecule has 7 heteroatoms. The van der Waals surface area contributed by atoms with Crippen LogP contribution in [0.3, 0.4) is 0 Å². The molecular formula is C14H21N5O2. The zero-order chi connectivity index (χ0) is 15.0. The Balaban J connectivity index is 1.73. The molecule has 0 spiro atoms. The first-order valence-electron chi connectivity index (χ1n) is 7.19. The van der Waals surface area contributed by atoms with Crippen molar-refractivity contribution in [3.63, 3.8) is 0 Å². The molecule has 3 rings (SSSR count). The highest BCUT2D eigenvalue weighted by atomic mass is 16.5. The number of aliphatic hydroxyl groups is 1. The molecule has 0 bridgehead atoms. The molecule has 0 unspecified atom stereocenters. The van der Waals surface area contributed by atoms with Crippen molar-refractivity contribution in [2.24, 2.45) is 13.0 Å². The number of aryl methyl sites for hydroxylation is 3. The van der Waals surface area contributed by atoms with E-state index < -0.39 is 0 Å². The van der Waals surface area contributed by atoms with Gasteiger partial charge in [0.1, 0.15) is 0 Å². The van der Waals surface area contributed by atoms with Crippen molar-refractivity contribution < 1.29 is 9.63 Å². The first kappa shape index (κ1) is 14.2. The second-order valence-corrected chi connectivity index (χ2v) is 5.82. The summed E-state index contributed by atoms with van der Waals surface area (Å²) in [6.45, 7) is 6.40. The molecule has 0 saturated carbocycles. The molecule has 3 heterocycles. The summed E-state index contributed by atoms with van der Waals surface area (Å²) in [6.07, 6.45) is 0. The third kappa shape index (κ3) is 2.84. The molecule has 21 heavy (non-hydrogen) atoms. The topological polar surface area (TPSA) is 80.2 Å². The maximum absolute atomic E-state index is 9.61. The summed E-state index contributed by atoms with van der Waals surface area (Å²) in [7, 11) is 1.96. The van der Waals surface area contributed by atoms with Gasteiger partial charge in [-0.25, -0.2) is 0 Å². The molecule has 0 radical (unpaired) electrons. The lowest BCUT2D eigenvalue weighted by molar-refractivity contribution is 0.204. The third-order valence-electron chi connectivity index (χ3n) is 4.10. The highest BCUT2D eigenvalue weighted by molar-refractivity contribution is 5.10. The molecule has 1 saturated heterocycles. The fourth-order valence-electron chi connectivity index (χ4n) is 3.06. The number of hydrogen-bond donors (Lipinski definition) is 1. The minimum absolute atomic E-state index is 0.102. The average molecular weight is 291 g/mol. The summed E-state index contributed by atoms with van der Waals surface area (Å²) in [5, 5.41) is 17.8. The van der Waals surface area contributed by atoms with Crippen LogP contribution in [0.2, 0.25) is 0 Å². The summed E-state index contributed by atoms with van der Waals surface area (Å²) in [5.41, 5.74) is 2.20. The first-order valence-corrected chi connectivity index (χ1v) is 7.19. The SMILES string of the molecule is Cc1cc(CN2C[C@@H](CO)[C@H](c3nc(C)no3)C2)n(C)n1. The van der Waals surface area contributed by atoms with Crippen LogP contribution in [0.25, 0.3) is 0 Å². The van der Waals surface area contributed by atoms with Crippen molar-refractivity contribution in [3.05, 3.63) is 29.2 Å². The van der Waals surface area contributed by atoms with Gasteiger partial charge >= 0.3 is 0 Å². The zero-order valence-electron chi connectivity index (χ0n) is 12.7. The average Bonchev–Trinajstić information content (AvgIpc) is 3.10. The molecule has 2 aromatic rings. The van der Waals surface area contributed by atoms with E-state index in [0.29, 0.717) is 11.7 Å². The lowest BCUT2D eigenvalue weighted by Gasteiger charge is -2.15. The largest absolute Gasteiger partial charge is 0.396 e. The predicted molar refractivity (Wildman–Crippen MR) is 75.6 cm³/mol. The summed E-state index contributed by atoms with van der Waals surface area (Å²) < 4.78 is 7.20. The van der Waals surface area contributed by atoms with E-state index in [-0.39, 0.29) is 18.4 Å². The van der Waals surface area contributed by atoms with Gasteiger partial charge in [-0.1, -0.05) is 5.16 Å². The Hall–Kier alpha value is -1.73. The lowest BCUT2D eigenvalue weighted by Crippen LogP contribution is -2.22. The smallest absolute Gasteiger partial charge is 0.231 e. The number of rotatable bonds is 4. The van der Waals surface area contributed by atoms with E-state index >= 15 is 0 Å². The quantitative estimate of drug-likeness (QED) is 0.890.